The summed E-state index contributed by atoms with van der Waals surface area (Å²) < 4.78 is 36.4. The average Bonchev–Trinajstić information content (AvgIpc) is 3.56. The van der Waals surface area contributed by atoms with Crippen molar-refractivity contribution in [2.24, 2.45) is 5.73 Å². The zero-order valence-corrected chi connectivity index (χ0v) is 20.8. The van der Waals surface area contributed by atoms with Crippen LogP contribution >= 0.6 is 11.3 Å². The topological polar surface area (TPSA) is 137 Å². The third kappa shape index (κ3) is 5.01. The first-order valence-corrected chi connectivity index (χ1v) is 12.3. The summed E-state index contributed by atoms with van der Waals surface area (Å²) in [6.07, 6.45) is 3.36. The Balaban J connectivity index is 1.42. The maximum atomic E-state index is 13.0. The Morgan fingerprint density at radius 1 is 1.21 bits per heavy atom. The quantitative estimate of drug-likeness (QED) is 0.323. The van der Waals surface area contributed by atoms with Gasteiger partial charge in [0.05, 0.1) is 22.7 Å². The minimum atomic E-state index is -3.05. The average molecular weight is 535 g/mol. The highest BCUT2D eigenvalue weighted by Gasteiger charge is 2.45. The molecule has 3 aromatic heterocycles. The predicted octanol–water partition coefficient (Wildman–Crippen LogP) is 4.81. The molecule has 38 heavy (non-hydrogen) atoms. The van der Waals surface area contributed by atoms with Gasteiger partial charge in [-0.2, -0.15) is 14.0 Å². The summed E-state index contributed by atoms with van der Waals surface area (Å²) in [4.78, 5) is 21.4. The van der Waals surface area contributed by atoms with Crippen molar-refractivity contribution in [3.63, 3.8) is 0 Å². The molecular weight excluding hydrogens is 514 g/mol. The van der Waals surface area contributed by atoms with Gasteiger partial charge in [0.1, 0.15) is 18.1 Å². The molecule has 1 amide bonds. The number of ether oxygens (including phenoxy) is 2. The lowest BCUT2D eigenvalue weighted by Crippen LogP contribution is -2.16. The Kier molecular flexibility index (Phi) is 6.69. The number of carbonyl (C=O) groups is 1. The minimum Gasteiger partial charge on any atom is -0.462 e. The molecule has 0 bridgehead atoms. The molecule has 1 aliphatic rings. The predicted molar refractivity (Wildman–Crippen MR) is 134 cm³/mol. The normalized spacial score (nSPS) is 13.7. The molecule has 0 spiro atoms. The maximum Gasteiger partial charge on any atom is 0.387 e. The largest absolute Gasteiger partial charge is 0.462 e. The lowest BCUT2D eigenvalue weighted by molar-refractivity contribution is -0.0494. The monoisotopic (exact) mass is 534 g/mol. The van der Waals surface area contributed by atoms with E-state index in [1.807, 2.05) is 6.07 Å². The molecule has 1 saturated carbocycles. The molecule has 1 aromatic carbocycles. The van der Waals surface area contributed by atoms with E-state index in [1.165, 1.54) is 6.07 Å². The van der Waals surface area contributed by atoms with Crippen LogP contribution in [0.2, 0.25) is 0 Å². The fourth-order valence-electron chi connectivity index (χ4n) is 4.06. The minimum absolute atomic E-state index is 0.00707. The summed E-state index contributed by atoms with van der Waals surface area (Å²) in [6, 6.07) is 13.7. The van der Waals surface area contributed by atoms with Gasteiger partial charge in [0.15, 0.2) is 5.01 Å². The second-order valence-corrected chi connectivity index (χ2v) is 9.61. The third-order valence-corrected chi connectivity index (χ3v) is 6.92. The molecular formula is C26H20F2N6O3S. The number of aryl methyl sites for hydroxylation is 1. The van der Waals surface area contributed by atoms with E-state index in [-0.39, 0.29) is 44.9 Å². The van der Waals surface area contributed by atoms with Crippen LogP contribution in [0.25, 0.3) is 21.8 Å². The number of halogens is 2. The zero-order chi connectivity index (χ0) is 26.9. The van der Waals surface area contributed by atoms with Gasteiger partial charge < -0.3 is 15.2 Å². The molecule has 0 saturated heterocycles. The summed E-state index contributed by atoms with van der Waals surface area (Å²) in [5, 5.41) is 18.0. The number of amides is 1. The van der Waals surface area contributed by atoms with Gasteiger partial charge in [-0.05, 0) is 43.5 Å². The van der Waals surface area contributed by atoms with Crippen molar-refractivity contribution in [1.29, 1.82) is 5.26 Å². The molecule has 0 atom stereocenters. The Hall–Kier alpha value is -4.50. The van der Waals surface area contributed by atoms with E-state index in [0.717, 1.165) is 29.7 Å². The van der Waals surface area contributed by atoms with Crippen molar-refractivity contribution < 1.29 is 23.0 Å². The number of primary amides is 1. The first-order chi connectivity index (χ1) is 18.3. The first-order valence-electron chi connectivity index (χ1n) is 11.5. The smallest absolute Gasteiger partial charge is 0.387 e. The highest BCUT2D eigenvalue weighted by Crippen LogP contribution is 2.47. The standard InChI is InChI=1S/C26H20F2N6O3S/c1-14-10-18(17-4-2-3-5-19(17)37-24(27)28)20(22(30)35)21(32-14)23-33-34-25(38-23)36-12-16-7-6-15(11-31-16)26(13-29)8-9-26/h2-7,10-11,24H,8-9,12H2,1H3,(H2,30,35). The molecule has 0 aliphatic heterocycles. The van der Waals surface area contributed by atoms with Crippen LogP contribution in [-0.4, -0.2) is 32.7 Å². The van der Waals surface area contributed by atoms with Crippen LogP contribution in [0, 0.1) is 18.3 Å². The van der Waals surface area contributed by atoms with Crippen LogP contribution in [0.1, 0.15) is 40.2 Å². The number of benzene rings is 1. The van der Waals surface area contributed by atoms with Crippen molar-refractivity contribution in [1.82, 2.24) is 20.2 Å². The molecule has 9 nitrogen and oxygen atoms in total. The summed E-state index contributed by atoms with van der Waals surface area (Å²) in [7, 11) is 0. The number of nitriles is 1. The number of nitrogens with zero attached hydrogens (tertiary/aromatic N) is 5. The second kappa shape index (κ2) is 10.1. The number of para-hydroxylation sites is 1. The summed E-state index contributed by atoms with van der Waals surface area (Å²) in [6.45, 7) is -1.24. The fraction of sp³-hybridized carbons (Fsp3) is 0.231. The van der Waals surface area contributed by atoms with Crippen LogP contribution in [-0.2, 0) is 12.0 Å². The van der Waals surface area contributed by atoms with E-state index < -0.39 is 17.9 Å². The third-order valence-electron chi connectivity index (χ3n) is 6.08. The Bertz CT molecular complexity index is 1550. The molecule has 0 radical (unpaired) electrons. The number of pyridine rings is 2. The van der Waals surface area contributed by atoms with Crippen LogP contribution in [0.5, 0.6) is 10.9 Å². The Morgan fingerprint density at radius 3 is 2.66 bits per heavy atom. The van der Waals surface area contributed by atoms with Gasteiger partial charge in [0.2, 0.25) is 0 Å². The molecule has 5 rings (SSSR count). The molecule has 1 aliphatic carbocycles. The number of rotatable bonds is 9. The molecule has 12 heteroatoms. The van der Waals surface area contributed by atoms with E-state index in [9.17, 15) is 18.8 Å². The fourth-order valence-corrected chi connectivity index (χ4v) is 4.75. The van der Waals surface area contributed by atoms with Crippen molar-refractivity contribution >= 4 is 17.2 Å². The van der Waals surface area contributed by atoms with E-state index in [1.54, 1.807) is 43.5 Å². The van der Waals surface area contributed by atoms with Crippen LogP contribution in [0.15, 0.2) is 48.7 Å². The highest BCUT2D eigenvalue weighted by molar-refractivity contribution is 7.16. The van der Waals surface area contributed by atoms with Gasteiger partial charge in [-0.3, -0.25) is 9.78 Å². The van der Waals surface area contributed by atoms with Crippen LogP contribution in [0.3, 0.4) is 0 Å². The highest BCUT2D eigenvalue weighted by atomic mass is 32.1. The Labute approximate surface area is 219 Å². The lowest BCUT2D eigenvalue weighted by Gasteiger charge is -2.15. The second-order valence-electron chi connectivity index (χ2n) is 8.67. The number of aromatic nitrogens is 4. The number of alkyl halides is 2. The van der Waals surface area contributed by atoms with Gasteiger partial charge in [-0.1, -0.05) is 40.7 Å². The zero-order valence-electron chi connectivity index (χ0n) is 20.0. The Morgan fingerprint density at radius 2 is 2.00 bits per heavy atom. The molecule has 192 valence electrons. The van der Waals surface area contributed by atoms with Crippen molar-refractivity contribution in [3.8, 4) is 38.8 Å². The van der Waals surface area contributed by atoms with Gasteiger partial charge in [-0.25, -0.2) is 4.98 Å². The number of hydrogen-bond acceptors (Lipinski definition) is 9. The van der Waals surface area contributed by atoms with Gasteiger partial charge in [0, 0.05) is 23.0 Å². The first kappa shape index (κ1) is 25.2. The van der Waals surface area contributed by atoms with E-state index in [4.69, 9.17) is 10.5 Å². The van der Waals surface area contributed by atoms with E-state index in [2.05, 4.69) is 31.0 Å². The van der Waals surface area contributed by atoms with Crippen LogP contribution in [0.4, 0.5) is 8.78 Å². The van der Waals surface area contributed by atoms with Gasteiger partial charge in [0.25, 0.3) is 11.1 Å². The number of hydrogen-bond donors (Lipinski definition) is 1. The van der Waals surface area contributed by atoms with Gasteiger partial charge in [-0.15, -0.1) is 5.10 Å². The van der Waals surface area contributed by atoms with Crippen LogP contribution < -0.4 is 15.2 Å². The van der Waals surface area contributed by atoms with Crippen molar-refractivity contribution in [2.45, 2.75) is 38.4 Å². The lowest BCUT2D eigenvalue weighted by atomic mass is 9.96. The number of carbonyl (C=O) groups excluding carboxylic acids is 1. The maximum absolute atomic E-state index is 13.0. The van der Waals surface area contributed by atoms with Gasteiger partial charge >= 0.3 is 6.61 Å². The van der Waals surface area contributed by atoms with E-state index in [0.29, 0.717) is 11.4 Å². The summed E-state index contributed by atoms with van der Waals surface area (Å²) >= 11 is 1.05. The molecule has 4 aromatic rings. The molecule has 0 unspecified atom stereocenters. The SMILES string of the molecule is Cc1cc(-c2ccccc2OC(F)F)c(C(N)=O)c(-c2nnc(OCc3ccc(C4(C#N)CC4)cn3)s2)n1. The molecule has 2 N–H and O–H groups in total. The van der Waals surface area contributed by atoms with Crippen molar-refractivity contribution in [2.75, 3.05) is 0 Å². The summed E-state index contributed by atoms with van der Waals surface area (Å²) in [5.41, 5.74) is 8.03. The molecule has 3 heterocycles. The van der Waals surface area contributed by atoms with E-state index >= 15 is 0 Å². The summed E-state index contributed by atoms with van der Waals surface area (Å²) in [5.74, 6) is -0.925. The van der Waals surface area contributed by atoms with Crippen molar-refractivity contribution in [3.05, 3.63) is 71.2 Å². The number of nitrogens with two attached hydrogens (primary N) is 1. The molecule has 1 fully saturated rings.